The van der Waals surface area contributed by atoms with E-state index in [1.165, 1.54) is 225 Å². The molecule has 2 atom stereocenters. The molecule has 0 amide bonds. The predicted molar refractivity (Wildman–Crippen MR) is 328 cm³/mol. The molecule has 0 aromatic carbocycles. The quantitative estimate of drug-likeness (QED) is 0.0195. The number of nitrogens with zero attached hydrogens (tertiary/aromatic N) is 1. The Morgan fingerprint density at radius 1 is 0.416 bits per heavy atom. The van der Waals surface area contributed by atoms with Crippen molar-refractivity contribution in [2.45, 2.75) is 322 Å². The number of rotatable bonds is 61. The number of carbonyl (C=O) groups excluding carboxylic acids is 2. The van der Waals surface area contributed by atoms with Crippen molar-refractivity contribution in [1.29, 1.82) is 0 Å². The van der Waals surface area contributed by atoms with E-state index in [4.69, 9.17) is 18.5 Å². The number of phosphoric ester groups is 1. The minimum absolute atomic E-state index is 0.0284. The van der Waals surface area contributed by atoms with Crippen molar-refractivity contribution in [2.75, 3.05) is 47.5 Å². The number of esters is 2. The van der Waals surface area contributed by atoms with Gasteiger partial charge in [-0.05, 0) is 51.4 Å². The molecule has 0 heterocycles. The highest BCUT2D eigenvalue weighted by atomic mass is 31.2. The summed E-state index contributed by atoms with van der Waals surface area (Å²) in [6.45, 7) is 4.19. The Morgan fingerprint density at radius 2 is 0.740 bits per heavy atom. The number of hydrogen-bond donors (Lipinski definition) is 0. The Balaban J connectivity index is 4.03. The molecule has 10 heteroatoms. The van der Waals surface area contributed by atoms with Crippen LogP contribution in [0.15, 0.2) is 48.6 Å². The second kappa shape index (κ2) is 58.6. The zero-order chi connectivity index (χ0) is 56.3. The third-order valence-electron chi connectivity index (χ3n) is 14.6. The molecular weight excluding hydrogens is 978 g/mol. The predicted octanol–water partition coefficient (Wildman–Crippen LogP) is 20.2. The van der Waals surface area contributed by atoms with Crippen molar-refractivity contribution in [1.82, 2.24) is 0 Å². The third kappa shape index (κ3) is 63.0. The first-order valence-corrected chi connectivity index (χ1v) is 34.3. The minimum atomic E-state index is -4.64. The molecule has 0 aromatic heterocycles. The van der Waals surface area contributed by atoms with Gasteiger partial charge in [0.15, 0.2) is 6.10 Å². The standard InChI is InChI=1S/C67H126NO8P/c1-6-8-10-12-14-16-18-20-22-24-26-28-30-31-32-33-34-35-36-37-38-40-42-44-46-48-50-52-54-56-58-60-67(70)76-65(64-75-77(71,72)74-62-61-68(3,4)5)63-73-66(69)59-57-55-53-51-49-47-45-43-41-39-29-27-25-23-21-19-17-15-13-11-9-7-2/h8,10,14,16,20,22,26,28,65H,6-7,9,11-13,15,17-19,21,23-25,27,29-64H2,1-5H3/b10-8-,16-14-,22-20-,28-26-. The van der Waals surface area contributed by atoms with E-state index in [-0.39, 0.29) is 32.0 Å². The van der Waals surface area contributed by atoms with Gasteiger partial charge >= 0.3 is 11.9 Å². The minimum Gasteiger partial charge on any atom is -0.756 e. The Morgan fingerprint density at radius 3 is 1.10 bits per heavy atom. The van der Waals surface area contributed by atoms with E-state index >= 15 is 0 Å². The molecule has 2 unspecified atom stereocenters. The maximum atomic E-state index is 12.8. The number of unbranched alkanes of at least 4 members (excludes halogenated alkanes) is 39. The molecule has 452 valence electrons. The van der Waals surface area contributed by atoms with Crippen molar-refractivity contribution >= 4 is 19.8 Å². The van der Waals surface area contributed by atoms with E-state index in [0.29, 0.717) is 17.4 Å². The SMILES string of the molecule is CC/C=C\C/C=C\C/C=C\C/C=C\CCCCCCCCCCCCCCCCCCCCC(=O)OC(COC(=O)CCCCCCCCCCCCCCCCCCCCCCCC)COP(=O)([O-])OCC[N+](C)(C)C. The number of carbonyl (C=O) groups is 2. The maximum absolute atomic E-state index is 12.8. The van der Waals surface area contributed by atoms with Gasteiger partial charge in [-0.15, -0.1) is 0 Å². The second-order valence-electron chi connectivity index (χ2n) is 23.5. The lowest BCUT2D eigenvalue weighted by Gasteiger charge is -2.28. The lowest BCUT2D eigenvalue weighted by atomic mass is 10.0. The summed E-state index contributed by atoms with van der Waals surface area (Å²) >= 11 is 0. The highest BCUT2D eigenvalue weighted by Gasteiger charge is 2.22. The van der Waals surface area contributed by atoms with Crippen LogP contribution in [0.25, 0.3) is 0 Å². The summed E-state index contributed by atoms with van der Waals surface area (Å²) in [7, 11) is 1.18. The molecule has 0 aliphatic carbocycles. The zero-order valence-electron chi connectivity index (χ0n) is 51.4. The van der Waals surface area contributed by atoms with Gasteiger partial charge in [0, 0.05) is 12.8 Å². The summed E-state index contributed by atoms with van der Waals surface area (Å²) in [4.78, 5) is 38.0. The van der Waals surface area contributed by atoms with Gasteiger partial charge in [-0.3, -0.25) is 14.2 Å². The van der Waals surface area contributed by atoms with Crippen LogP contribution in [0.2, 0.25) is 0 Å². The molecule has 77 heavy (non-hydrogen) atoms. The Labute approximate surface area is 477 Å². The summed E-state index contributed by atoms with van der Waals surface area (Å²) in [6, 6.07) is 0. The van der Waals surface area contributed by atoms with E-state index < -0.39 is 26.5 Å². The van der Waals surface area contributed by atoms with E-state index in [1.807, 2.05) is 21.1 Å². The maximum Gasteiger partial charge on any atom is 0.306 e. The molecular formula is C67H126NO8P. The Bertz CT molecular complexity index is 1440. The topological polar surface area (TPSA) is 111 Å². The van der Waals surface area contributed by atoms with Crippen LogP contribution in [0.4, 0.5) is 0 Å². The molecule has 0 N–H and O–H groups in total. The van der Waals surface area contributed by atoms with Crippen LogP contribution in [-0.2, 0) is 32.7 Å². The molecule has 0 spiro atoms. The smallest absolute Gasteiger partial charge is 0.306 e. The second-order valence-corrected chi connectivity index (χ2v) is 24.9. The molecule has 0 fully saturated rings. The summed E-state index contributed by atoms with van der Waals surface area (Å²) in [5.74, 6) is -0.814. The van der Waals surface area contributed by atoms with Crippen LogP contribution < -0.4 is 4.89 Å². The largest absolute Gasteiger partial charge is 0.756 e. The molecule has 0 aliphatic heterocycles. The van der Waals surface area contributed by atoms with Crippen molar-refractivity contribution < 1.29 is 42.1 Å². The van der Waals surface area contributed by atoms with Crippen molar-refractivity contribution in [2.24, 2.45) is 0 Å². The van der Waals surface area contributed by atoms with Crippen LogP contribution >= 0.6 is 7.82 Å². The van der Waals surface area contributed by atoms with Gasteiger partial charge in [0.25, 0.3) is 7.82 Å². The van der Waals surface area contributed by atoms with Crippen LogP contribution in [0.5, 0.6) is 0 Å². The first-order valence-electron chi connectivity index (χ1n) is 32.8. The van der Waals surface area contributed by atoms with Gasteiger partial charge in [0.2, 0.25) is 0 Å². The number of likely N-dealkylation sites (N-methyl/N-ethyl adjacent to an activating group) is 1. The highest BCUT2D eigenvalue weighted by molar-refractivity contribution is 7.45. The van der Waals surface area contributed by atoms with E-state index in [0.717, 1.165) is 57.8 Å². The molecule has 0 aromatic rings. The number of quaternary nitrogens is 1. The summed E-state index contributed by atoms with van der Waals surface area (Å²) in [5.41, 5.74) is 0. The van der Waals surface area contributed by atoms with E-state index in [1.54, 1.807) is 0 Å². The fraction of sp³-hybridized carbons (Fsp3) is 0.851. The average Bonchev–Trinajstić information content (AvgIpc) is 3.39. The third-order valence-corrected chi connectivity index (χ3v) is 15.6. The van der Waals surface area contributed by atoms with Gasteiger partial charge in [-0.1, -0.05) is 300 Å². The van der Waals surface area contributed by atoms with Crippen LogP contribution in [0.1, 0.15) is 316 Å². The molecule has 0 saturated heterocycles. The summed E-state index contributed by atoms with van der Waals surface area (Å²) < 4.78 is 34.3. The normalized spacial score (nSPS) is 13.5. The van der Waals surface area contributed by atoms with Crippen molar-refractivity contribution in [3.8, 4) is 0 Å². The van der Waals surface area contributed by atoms with Crippen LogP contribution in [0.3, 0.4) is 0 Å². The van der Waals surface area contributed by atoms with Crippen molar-refractivity contribution in [3.63, 3.8) is 0 Å². The molecule has 0 saturated carbocycles. The van der Waals surface area contributed by atoms with Gasteiger partial charge in [0.1, 0.15) is 19.8 Å². The Hall–Kier alpha value is -2.03. The first-order chi connectivity index (χ1) is 37.5. The monoisotopic (exact) mass is 1100 g/mol. The summed E-state index contributed by atoms with van der Waals surface area (Å²) in [6.07, 6.45) is 74.6. The zero-order valence-corrected chi connectivity index (χ0v) is 52.3. The van der Waals surface area contributed by atoms with Crippen molar-refractivity contribution in [3.05, 3.63) is 48.6 Å². The molecule has 0 radical (unpaired) electrons. The number of hydrogen-bond acceptors (Lipinski definition) is 8. The van der Waals surface area contributed by atoms with Gasteiger partial charge in [0.05, 0.1) is 27.7 Å². The van der Waals surface area contributed by atoms with Crippen LogP contribution in [-0.4, -0.2) is 70.0 Å². The molecule has 0 aliphatic rings. The molecule has 9 nitrogen and oxygen atoms in total. The summed E-state index contributed by atoms with van der Waals surface area (Å²) in [5, 5.41) is 0. The van der Waals surface area contributed by atoms with Crippen LogP contribution in [0, 0.1) is 0 Å². The lowest BCUT2D eigenvalue weighted by Crippen LogP contribution is -2.37. The Kier molecular flexibility index (Phi) is 57.1. The average molecular weight is 1100 g/mol. The number of ether oxygens (including phenoxy) is 2. The van der Waals surface area contributed by atoms with E-state index in [2.05, 4.69) is 62.5 Å². The van der Waals surface area contributed by atoms with Gasteiger partial charge in [-0.25, -0.2) is 0 Å². The highest BCUT2D eigenvalue weighted by Crippen LogP contribution is 2.38. The van der Waals surface area contributed by atoms with E-state index in [9.17, 15) is 19.0 Å². The first kappa shape index (κ1) is 75.0. The number of allylic oxidation sites excluding steroid dienone is 8. The molecule has 0 bridgehead atoms. The fourth-order valence-corrected chi connectivity index (χ4v) is 10.3. The fourth-order valence-electron chi connectivity index (χ4n) is 9.59. The van der Waals surface area contributed by atoms with Gasteiger partial charge < -0.3 is 27.9 Å². The van der Waals surface area contributed by atoms with Gasteiger partial charge in [-0.2, -0.15) is 0 Å². The number of phosphoric acid groups is 1. The molecule has 0 rings (SSSR count). The lowest BCUT2D eigenvalue weighted by molar-refractivity contribution is -0.870.